The Labute approximate surface area is 226 Å². The minimum absolute atomic E-state index is 0.100. The summed E-state index contributed by atoms with van der Waals surface area (Å²) in [6.45, 7) is 5.82. The predicted octanol–water partition coefficient (Wildman–Crippen LogP) is 6.05. The van der Waals surface area contributed by atoms with Crippen LogP contribution in [0.4, 0.5) is 5.69 Å². The third-order valence-corrected chi connectivity index (χ3v) is 6.82. The smallest absolute Gasteiger partial charge is 0.295 e. The number of para-hydroxylation sites is 1. The molecule has 2 aromatic carbocycles. The van der Waals surface area contributed by atoms with Crippen molar-refractivity contribution in [1.82, 2.24) is 9.36 Å². The number of nitrogens with one attached hydrogen (secondary N) is 1. The molecule has 0 fully saturated rings. The fourth-order valence-electron chi connectivity index (χ4n) is 4.68. The maximum absolute atomic E-state index is 13.3. The van der Waals surface area contributed by atoms with Crippen LogP contribution < -0.4 is 10.9 Å². The average Bonchev–Trinajstić information content (AvgIpc) is 3.33. The molecule has 200 valence electrons. The predicted molar refractivity (Wildman–Crippen MR) is 148 cm³/mol. The molecule has 0 radical (unpaired) electrons. The van der Waals surface area contributed by atoms with Crippen molar-refractivity contribution in [3.63, 3.8) is 0 Å². The summed E-state index contributed by atoms with van der Waals surface area (Å²) in [5.74, 6) is 0.291. The van der Waals surface area contributed by atoms with E-state index in [1.54, 1.807) is 23.9 Å². The number of amides is 1. The molecule has 0 aliphatic rings. The van der Waals surface area contributed by atoms with Crippen molar-refractivity contribution in [2.24, 2.45) is 12.5 Å². The molecule has 0 saturated carbocycles. The molecule has 0 unspecified atom stereocenters. The molecule has 4 rings (SSSR count). The Balaban J connectivity index is 1.48. The summed E-state index contributed by atoms with van der Waals surface area (Å²) < 4.78 is 14.2. The first-order chi connectivity index (χ1) is 18.0. The Morgan fingerprint density at radius 2 is 1.84 bits per heavy atom. The maximum Gasteiger partial charge on any atom is 0.295 e. The van der Waals surface area contributed by atoms with Gasteiger partial charge in [-0.15, -0.1) is 0 Å². The fraction of sp³-hybridized carbons (Fsp3) is 0.345. The molecular formula is C29H32ClN3O5. The minimum Gasteiger partial charge on any atom is -0.461 e. The van der Waals surface area contributed by atoms with Gasteiger partial charge >= 0.3 is 0 Å². The van der Waals surface area contributed by atoms with Crippen molar-refractivity contribution < 1.29 is 18.7 Å². The molecule has 0 spiro atoms. The molecule has 0 aliphatic carbocycles. The topological polar surface area (TPSA) is 95.5 Å². The second-order valence-corrected chi connectivity index (χ2v) is 10.7. The number of hydrogen-bond acceptors (Lipinski definition) is 5. The fourth-order valence-corrected chi connectivity index (χ4v) is 4.91. The van der Waals surface area contributed by atoms with Gasteiger partial charge in [-0.2, -0.15) is 0 Å². The van der Waals surface area contributed by atoms with E-state index in [2.05, 4.69) is 5.32 Å². The first-order valence-electron chi connectivity index (χ1n) is 12.4. The number of halogens is 1. The zero-order valence-electron chi connectivity index (χ0n) is 22.3. The van der Waals surface area contributed by atoms with E-state index in [9.17, 15) is 14.4 Å². The normalized spacial score (nSPS) is 11.7. The number of aromatic nitrogens is 2. The number of rotatable bonds is 10. The highest BCUT2D eigenvalue weighted by atomic mass is 35.5. The van der Waals surface area contributed by atoms with Crippen LogP contribution in [0.1, 0.15) is 54.9 Å². The second-order valence-electron chi connectivity index (χ2n) is 10.3. The van der Waals surface area contributed by atoms with E-state index in [0.717, 1.165) is 5.39 Å². The van der Waals surface area contributed by atoms with E-state index >= 15 is 0 Å². The summed E-state index contributed by atoms with van der Waals surface area (Å²) in [5.41, 5.74) is 1.54. The van der Waals surface area contributed by atoms with Crippen LogP contribution >= 0.6 is 11.6 Å². The SMILES string of the molecule is COCc1c(NC(=O)CC(C)(C)CCC(=O)c2cc(Cl)cc3cc(C)oc23)c(=O)n(-c2ccccc2)n1C. The number of Topliss-reactive ketones (excluding diaryl/α,β-unsaturated/α-hetero) is 1. The van der Waals surface area contributed by atoms with Crippen LogP contribution in [-0.4, -0.2) is 28.2 Å². The van der Waals surface area contributed by atoms with E-state index in [1.165, 1.54) is 11.8 Å². The number of ether oxygens (including phenoxy) is 1. The van der Waals surface area contributed by atoms with Gasteiger partial charge in [-0.1, -0.05) is 43.6 Å². The van der Waals surface area contributed by atoms with Crippen LogP contribution in [0, 0.1) is 12.3 Å². The van der Waals surface area contributed by atoms with Crippen molar-refractivity contribution in [1.29, 1.82) is 0 Å². The van der Waals surface area contributed by atoms with Gasteiger partial charge in [-0.05, 0) is 49.1 Å². The average molecular weight is 538 g/mol. The van der Waals surface area contributed by atoms with Gasteiger partial charge in [-0.3, -0.25) is 19.1 Å². The zero-order chi connectivity index (χ0) is 27.6. The monoisotopic (exact) mass is 537 g/mol. The zero-order valence-corrected chi connectivity index (χ0v) is 23.0. The first kappa shape index (κ1) is 27.4. The number of fused-ring (bicyclic) bond motifs is 1. The molecule has 2 heterocycles. The molecule has 8 nitrogen and oxygen atoms in total. The number of ketones is 1. The molecule has 38 heavy (non-hydrogen) atoms. The number of anilines is 1. The summed E-state index contributed by atoms with van der Waals surface area (Å²) >= 11 is 6.23. The van der Waals surface area contributed by atoms with Gasteiger partial charge in [0.05, 0.1) is 23.6 Å². The van der Waals surface area contributed by atoms with Crippen molar-refractivity contribution in [3.8, 4) is 5.69 Å². The molecule has 9 heteroatoms. The van der Waals surface area contributed by atoms with Crippen molar-refractivity contribution in [2.75, 3.05) is 12.4 Å². The van der Waals surface area contributed by atoms with Crippen LogP contribution in [0.25, 0.3) is 16.7 Å². The second kappa shape index (κ2) is 11.0. The van der Waals surface area contributed by atoms with E-state index in [-0.39, 0.29) is 42.4 Å². The first-order valence-corrected chi connectivity index (χ1v) is 12.8. The Bertz CT molecular complexity index is 1550. The largest absolute Gasteiger partial charge is 0.461 e. The molecule has 4 aromatic rings. The maximum atomic E-state index is 13.3. The lowest BCUT2D eigenvalue weighted by Crippen LogP contribution is -2.26. The van der Waals surface area contributed by atoms with Crippen LogP contribution in [0.15, 0.2) is 57.7 Å². The van der Waals surface area contributed by atoms with Crippen molar-refractivity contribution in [2.45, 2.75) is 46.6 Å². The molecule has 0 bridgehead atoms. The lowest BCUT2D eigenvalue weighted by molar-refractivity contribution is -0.118. The number of furan rings is 1. The van der Waals surface area contributed by atoms with Crippen LogP contribution in [0.2, 0.25) is 5.02 Å². The molecule has 1 amide bonds. The Morgan fingerprint density at radius 1 is 1.13 bits per heavy atom. The van der Waals surface area contributed by atoms with Crippen LogP contribution in [0.5, 0.6) is 0 Å². The lowest BCUT2D eigenvalue weighted by Gasteiger charge is -2.23. The van der Waals surface area contributed by atoms with Crippen molar-refractivity contribution in [3.05, 3.63) is 80.9 Å². The molecule has 0 aliphatic heterocycles. The van der Waals surface area contributed by atoms with Crippen LogP contribution in [-0.2, 0) is 23.2 Å². The summed E-state index contributed by atoms with van der Waals surface area (Å²) in [7, 11) is 3.29. The highest BCUT2D eigenvalue weighted by molar-refractivity contribution is 6.32. The Morgan fingerprint density at radius 3 is 2.53 bits per heavy atom. The van der Waals surface area contributed by atoms with Gasteiger partial charge in [-0.25, -0.2) is 4.68 Å². The number of aryl methyl sites for hydroxylation is 1. The van der Waals surface area contributed by atoms with E-state index in [0.29, 0.717) is 39.7 Å². The number of benzene rings is 2. The highest BCUT2D eigenvalue weighted by Gasteiger charge is 2.27. The van der Waals surface area contributed by atoms with Crippen LogP contribution in [0.3, 0.4) is 0 Å². The van der Waals surface area contributed by atoms with Gasteiger partial charge in [0.15, 0.2) is 5.78 Å². The summed E-state index contributed by atoms with van der Waals surface area (Å²) in [6.07, 6.45) is 0.800. The summed E-state index contributed by atoms with van der Waals surface area (Å²) in [4.78, 5) is 39.5. The molecular weight excluding hydrogens is 506 g/mol. The number of carbonyl (C=O) groups is 2. The van der Waals surface area contributed by atoms with Crippen molar-refractivity contribution >= 4 is 39.9 Å². The number of carbonyl (C=O) groups excluding carboxylic acids is 2. The minimum atomic E-state index is -0.509. The Kier molecular flexibility index (Phi) is 7.94. The summed E-state index contributed by atoms with van der Waals surface area (Å²) in [6, 6.07) is 14.4. The molecule has 0 atom stereocenters. The number of methoxy groups -OCH3 is 1. The van der Waals surface area contributed by atoms with Gasteiger partial charge < -0.3 is 14.5 Å². The van der Waals surface area contributed by atoms with Gasteiger partial charge in [0.1, 0.15) is 17.0 Å². The van der Waals surface area contributed by atoms with Gasteiger partial charge in [0.25, 0.3) is 5.56 Å². The Hall–Kier alpha value is -3.62. The molecule has 0 saturated heterocycles. The van der Waals surface area contributed by atoms with Gasteiger partial charge in [0.2, 0.25) is 5.91 Å². The quantitative estimate of drug-likeness (QED) is 0.248. The third kappa shape index (κ3) is 5.76. The standard InChI is InChI=1S/C29H32ClN3O5/c1-18-13-19-14-20(30)15-22(27(19)38-18)24(34)11-12-29(2,3)16-25(35)31-26-23(17-37-5)32(4)33(28(26)36)21-9-7-6-8-10-21/h6-10,13-15H,11-12,16-17H2,1-5H3,(H,31,35). The van der Waals surface area contributed by atoms with E-state index in [1.807, 2.05) is 57.2 Å². The number of nitrogens with zero attached hydrogens (tertiary/aromatic N) is 2. The highest BCUT2D eigenvalue weighted by Crippen LogP contribution is 2.32. The molecule has 1 N–H and O–H groups in total. The lowest BCUT2D eigenvalue weighted by atomic mass is 9.82. The summed E-state index contributed by atoms with van der Waals surface area (Å²) in [5, 5.41) is 4.07. The number of hydrogen-bond donors (Lipinski definition) is 1. The third-order valence-electron chi connectivity index (χ3n) is 6.60. The molecule has 2 aromatic heterocycles. The van der Waals surface area contributed by atoms with E-state index < -0.39 is 5.41 Å². The van der Waals surface area contributed by atoms with Gasteiger partial charge in [0, 0.05) is 37.4 Å². The van der Waals surface area contributed by atoms with E-state index in [4.69, 9.17) is 20.8 Å².